The smallest absolute Gasteiger partial charge is 0.0700 e. The van der Waals surface area contributed by atoms with Crippen LogP contribution in [0.15, 0.2) is 0 Å². The average molecular weight is 211 g/mol. The topological polar surface area (TPSA) is 42.2 Å². The van der Waals surface area contributed by atoms with E-state index in [1.807, 2.05) is 0 Å². The molecule has 0 aromatic heterocycles. The second-order valence-corrected chi connectivity index (χ2v) is 4.86. The summed E-state index contributed by atoms with van der Waals surface area (Å²) in [6, 6.07) is 2.23. The van der Waals surface area contributed by atoms with Crippen LogP contribution in [0.4, 0.5) is 0 Å². The molecular formula is C12H21NO2. The zero-order chi connectivity index (χ0) is 11.1. The highest BCUT2D eigenvalue weighted by molar-refractivity contribution is 4.99. The first-order chi connectivity index (χ1) is 7.18. The van der Waals surface area contributed by atoms with E-state index in [4.69, 9.17) is 14.7 Å². The molecule has 1 fully saturated rings. The molecule has 3 heteroatoms. The maximum Gasteiger partial charge on any atom is 0.0700 e. The van der Waals surface area contributed by atoms with Gasteiger partial charge in [-0.3, -0.25) is 0 Å². The summed E-state index contributed by atoms with van der Waals surface area (Å²) in [4.78, 5) is 0. The van der Waals surface area contributed by atoms with Crippen molar-refractivity contribution in [3.05, 3.63) is 0 Å². The Morgan fingerprint density at radius 1 is 1.27 bits per heavy atom. The SMILES string of the molecule is CC(C)COCCOCC1(CC#N)CC1. The molecule has 0 aromatic carbocycles. The van der Waals surface area contributed by atoms with Crippen LogP contribution in [0.3, 0.4) is 0 Å². The van der Waals surface area contributed by atoms with E-state index in [0.29, 0.717) is 25.6 Å². The minimum atomic E-state index is 0.201. The number of rotatable bonds is 8. The molecule has 0 spiro atoms. The molecule has 3 nitrogen and oxygen atoms in total. The van der Waals surface area contributed by atoms with Gasteiger partial charge in [0.15, 0.2) is 0 Å². The molecule has 0 heterocycles. The van der Waals surface area contributed by atoms with E-state index in [1.54, 1.807) is 0 Å². The third kappa shape index (κ3) is 5.15. The van der Waals surface area contributed by atoms with Crippen LogP contribution in [0.25, 0.3) is 0 Å². The van der Waals surface area contributed by atoms with Gasteiger partial charge < -0.3 is 9.47 Å². The van der Waals surface area contributed by atoms with Gasteiger partial charge in [-0.05, 0) is 18.8 Å². The van der Waals surface area contributed by atoms with Crippen molar-refractivity contribution < 1.29 is 9.47 Å². The third-order valence-electron chi connectivity index (χ3n) is 2.64. The normalized spacial score (nSPS) is 17.7. The molecule has 1 aliphatic rings. The van der Waals surface area contributed by atoms with Crippen LogP contribution >= 0.6 is 0 Å². The van der Waals surface area contributed by atoms with Gasteiger partial charge >= 0.3 is 0 Å². The van der Waals surface area contributed by atoms with Gasteiger partial charge in [0.05, 0.1) is 25.9 Å². The van der Waals surface area contributed by atoms with E-state index < -0.39 is 0 Å². The Hall–Kier alpha value is -0.590. The summed E-state index contributed by atoms with van der Waals surface area (Å²) in [7, 11) is 0. The number of nitriles is 1. The first kappa shape index (κ1) is 12.5. The molecule has 0 saturated heterocycles. The van der Waals surface area contributed by atoms with Crippen molar-refractivity contribution in [2.24, 2.45) is 11.3 Å². The number of ether oxygens (including phenoxy) is 2. The number of hydrogen-bond acceptors (Lipinski definition) is 3. The Bertz CT molecular complexity index is 216. The quantitative estimate of drug-likeness (QED) is 0.579. The van der Waals surface area contributed by atoms with Crippen molar-refractivity contribution in [2.45, 2.75) is 33.1 Å². The molecular weight excluding hydrogens is 190 g/mol. The predicted molar refractivity (Wildman–Crippen MR) is 58.4 cm³/mol. The molecule has 1 rings (SSSR count). The Balaban J connectivity index is 1.91. The minimum absolute atomic E-state index is 0.201. The molecule has 86 valence electrons. The number of nitrogens with zero attached hydrogens (tertiary/aromatic N) is 1. The molecule has 0 aliphatic heterocycles. The lowest BCUT2D eigenvalue weighted by atomic mass is 10.1. The predicted octanol–water partition coefficient (Wildman–Crippen LogP) is 2.37. The van der Waals surface area contributed by atoms with E-state index in [9.17, 15) is 0 Å². The Morgan fingerprint density at radius 3 is 2.47 bits per heavy atom. The zero-order valence-corrected chi connectivity index (χ0v) is 9.79. The molecule has 0 bridgehead atoms. The summed E-state index contributed by atoms with van der Waals surface area (Å²) in [5, 5.41) is 8.61. The monoisotopic (exact) mass is 211 g/mol. The van der Waals surface area contributed by atoms with E-state index in [2.05, 4.69) is 19.9 Å². The molecule has 0 unspecified atom stereocenters. The second kappa shape index (κ2) is 6.09. The lowest BCUT2D eigenvalue weighted by molar-refractivity contribution is 0.0220. The molecule has 0 N–H and O–H groups in total. The van der Waals surface area contributed by atoms with Gasteiger partial charge in [-0.15, -0.1) is 0 Å². The van der Waals surface area contributed by atoms with Gasteiger partial charge in [0.2, 0.25) is 0 Å². The largest absolute Gasteiger partial charge is 0.379 e. The van der Waals surface area contributed by atoms with E-state index >= 15 is 0 Å². The second-order valence-electron chi connectivity index (χ2n) is 4.86. The van der Waals surface area contributed by atoms with Gasteiger partial charge in [-0.25, -0.2) is 0 Å². The highest BCUT2D eigenvalue weighted by atomic mass is 16.5. The lowest BCUT2D eigenvalue weighted by Gasteiger charge is -2.12. The van der Waals surface area contributed by atoms with Gasteiger partial charge in [-0.1, -0.05) is 13.8 Å². The maximum absolute atomic E-state index is 8.61. The first-order valence-electron chi connectivity index (χ1n) is 5.71. The van der Waals surface area contributed by atoms with Gasteiger partial charge in [0.25, 0.3) is 0 Å². The van der Waals surface area contributed by atoms with E-state index in [-0.39, 0.29) is 5.41 Å². The minimum Gasteiger partial charge on any atom is -0.379 e. The van der Waals surface area contributed by atoms with E-state index in [1.165, 1.54) is 0 Å². The third-order valence-corrected chi connectivity index (χ3v) is 2.64. The van der Waals surface area contributed by atoms with Crippen LogP contribution in [-0.4, -0.2) is 26.4 Å². The summed E-state index contributed by atoms with van der Waals surface area (Å²) in [6.45, 7) is 7.11. The highest BCUT2D eigenvalue weighted by Crippen LogP contribution is 2.48. The number of hydrogen-bond donors (Lipinski definition) is 0. The van der Waals surface area contributed by atoms with Crippen molar-refractivity contribution in [1.29, 1.82) is 5.26 Å². The fraction of sp³-hybridized carbons (Fsp3) is 0.917. The summed E-state index contributed by atoms with van der Waals surface area (Å²) in [6.07, 6.45) is 2.93. The molecule has 0 atom stereocenters. The molecule has 1 saturated carbocycles. The highest BCUT2D eigenvalue weighted by Gasteiger charge is 2.42. The van der Waals surface area contributed by atoms with Crippen molar-refractivity contribution >= 4 is 0 Å². The van der Waals surface area contributed by atoms with Crippen LogP contribution in [0.1, 0.15) is 33.1 Å². The van der Waals surface area contributed by atoms with Crippen molar-refractivity contribution in [3.63, 3.8) is 0 Å². The Labute approximate surface area is 92.4 Å². The Kier molecular flexibility index (Phi) is 5.07. The fourth-order valence-corrected chi connectivity index (χ4v) is 1.44. The van der Waals surface area contributed by atoms with Crippen molar-refractivity contribution in [1.82, 2.24) is 0 Å². The molecule has 15 heavy (non-hydrogen) atoms. The summed E-state index contributed by atoms with van der Waals surface area (Å²) >= 11 is 0. The van der Waals surface area contributed by atoms with Gasteiger partial charge in [0, 0.05) is 18.4 Å². The zero-order valence-electron chi connectivity index (χ0n) is 9.79. The average Bonchev–Trinajstić information content (AvgIpc) is 2.92. The first-order valence-corrected chi connectivity index (χ1v) is 5.71. The lowest BCUT2D eigenvalue weighted by Crippen LogP contribution is -2.14. The molecule has 0 aromatic rings. The van der Waals surface area contributed by atoms with Gasteiger partial charge in [-0.2, -0.15) is 5.26 Å². The van der Waals surface area contributed by atoms with Crippen LogP contribution in [0.2, 0.25) is 0 Å². The van der Waals surface area contributed by atoms with Crippen LogP contribution in [0.5, 0.6) is 0 Å². The van der Waals surface area contributed by atoms with Crippen molar-refractivity contribution in [2.75, 3.05) is 26.4 Å². The maximum atomic E-state index is 8.61. The molecule has 0 radical (unpaired) electrons. The van der Waals surface area contributed by atoms with Crippen LogP contribution < -0.4 is 0 Å². The summed E-state index contributed by atoms with van der Waals surface area (Å²) in [5.41, 5.74) is 0.201. The van der Waals surface area contributed by atoms with E-state index in [0.717, 1.165) is 26.1 Å². The Morgan fingerprint density at radius 2 is 1.93 bits per heavy atom. The molecule has 0 amide bonds. The van der Waals surface area contributed by atoms with Crippen LogP contribution in [0, 0.1) is 22.7 Å². The fourth-order valence-electron chi connectivity index (χ4n) is 1.44. The van der Waals surface area contributed by atoms with Crippen molar-refractivity contribution in [3.8, 4) is 6.07 Å². The van der Waals surface area contributed by atoms with Crippen LogP contribution in [-0.2, 0) is 9.47 Å². The summed E-state index contributed by atoms with van der Waals surface area (Å²) in [5.74, 6) is 0.582. The standard InChI is InChI=1S/C12H21NO2/c1-11(2)9-14-7-8-15-10-12(3-4-12)5-6-13/h11H,3-5,7-10H2,1-2H3. The van der Waals surface area contributed by atoms with Gasteiger partial charge in [0.1, 0.15) is 0 Å². The summed E-state index contributed by atoms with van der Waals surface area (Å²) < 4.78 is 10.9. The molecule has 1 aliphatic carbocycles.